The first-order valence-electron chi connectivity index (χ1n) is 6.96. The molecular formula is C14H21FN3OS+. The lowest BCUT2D eigenvalue weighted by atomic mass is 10.3. The molecule has 0 bridgehead atoms. The summed E-state index contributed by atoms with van der Waals surface area (Å²) < 4.78 is 18.3. The molecule has 0 radical (unpaired) electrons. The lowest BCUT2D eigenvalue weighted by molar-refractivity contribution is -0.908. The molecule has 3 N–H and O–H groups in total. The third-order valence-electron chi connectivity index (χ3n) is 3.28. The van der Waals surface area contributed by atoms with Crippen molar-refractivity contribution in [3.8, 4) is 0 Å². The molecule has 1 aliphatic rings. The topological polar surface area (TPSA) is 37.7 Å². The molecule has 0 unspecified atom stereocenters. The van der Waals surface area contributed by atoms with Crippen LogP contribution in [0, 0.1) is 5.82 Å². The summed E-state index contributed by atoms with van der Waals surface area (Å²) in [6, 6.07) is 6.27. The van der Waals surface area contributed by atoms with Crippen molar-refractivity contribution in [3.05, 3.63) is 30.1 Å². The first kappa shape index (κ1) is 15.2. The number of thiocarbonyl (C=S) groups is 1. The van der Waals surface area contributed by atoms with Crippen molar-refractivity contribution >= 4 is 23.0 Å². The van der Waals surface area contributed by atoms with Crippen LogP contribution in [0.1, 0.15) is 6.42 Å². The fraction of sp³-hybridized carbons (Fsp3) is 0.500. The molecule has 110 valence electrons. The number of halogens is 1. The Labute approximate surface area is 124 Å². The second-order valence-electron chi connectivity index (χ2n) is 4.86. The Kier molecular flexibility index (Phi) is 6.17. The highest BCUT2D eigenvalue weighted by Crippen LogP contribution is 2.08. The second kappa shape index (κ2) is 8.14. The molecule has 1 fully saturated rings. The summed E-state index contributed by atoms with van der Waals surface area (Å²) in [4.78, 5) is 1.59. The van der Waals surface area contributed by atoms with Gasteiger partial charge >= 0.3 is 0 Å². The number of quaternary nitrogens is 1. The van der Waals surface area contributed by atoms with Crippen LogP contribution in [-0.4, -0.2) is 44.5 Å². The summed E-state index contributed by atoms with van der Waals surface area (Å²) >= 11 is 5.18. The Bertz CT molecular complexity index is 438. The zero-order valence-electron chi connectivity index (χ0n) is 11.5. The summed E-state index contributed by atoms with van der Waals surface area (Å²) in [6.07, 6.45) is 1.06. The van der Waals surface area contributed by atoms with Gasteiger partial charge in [-0.15, -0.1) is 0 Å². The van der Waals surface area contributed by atoms with Gasteiger partial charge in [-0.25, -0.2) is 4.39 Å². The van der Waals surface area contributed by atoms with Crippen LogP contribution in [0.3, 0.4) is 0 Å². The summed E-state index contributed by atoms with van der Waals surface area (Å²) in [5.41, 5.74) is 0.668. The molecule has 0 spiro atoms. The van der Waals surface area contributed by atoms with Crippen LogP contribution in [0.25, 0.3) is 0 Å². The first-order chi connectivity index (χ1) is 9.74. The van der Waals surface area contributed by atoms with Gasteiger partial charge in [0.2, 0.25) is 0 Å². The molecule has 0 aromatic heterocycles. The van der Waals surface area contributed by atoms with Gasteiger partial charge in [-0.1, -0.05) is 6.07 Å². The van der Waals surface area contributed by atoms with Crippen LogP contribution in [0.15, 0.2) is 24.3 Å². The maximum absolute atomic E-state index is 13.0. The zero-order valence-corrected chi connectivity index (χ0v) is 12.3. The van der Waals surface area contributed by atoms with Crippen LogP contribution in [0.5, 0.6) is 0 Å². The quantitative estimate of drug-likeness (QED) is 0.544. The summed E-state index contributed by atoms with van der Waals surface area (Å²) in [5.74, 6) is -0.270. The number of morpholine rings is 1. The van der Waals surface area contributed by atoms with Crippen molar-refractivity contribution in [2.24, 2.45) is 0 Å². The number of rotatable bonds is 5. The maximum atomic E-state index is 13.0. The van der Waals surface area contributed by atoms with Gasteiger partial charge in [0, 0.05) is 18.7 Å². The Morgan fingerprint density at radius 1 is 1.35 bits per heavy atom. The van der Waals surface area contributed by atoms with E-state index in [1.54, 1.807) is 17.0 Å². The smallest absolute Gasteiger partial charge is 0.170 e. The monoisotopic (exact) mass is 298 g/mol. The van der Waals surface area contributed by atoms with Crippen LogP contribution >= 0.6 is 12.2 Å². The van der Waals surface area contributed by atoms with Gasteiger partial charge in [0.15, 0.2) is 5.11 Å². The normalized spacial score (nSPS) is 15.8. The third-order valence-corrected chi connectivity index (χ3v) is 3.52. The first-order valence-corrected chi connectivity index (χ1v) is 7.36. The van der Waals surface area contributed by atoms with Gasteiger partial charge in [-0.3, -0.25) is 0 Å². The lowest BCUT2D eigenvalue weighted by Gasteiger charge is -2.23. The maximum Gasteiger partial charge on any atom is 0.170 e. The molecule has 1 aromatic rings. The van der Waals surface area contributed by atoms with Gasteiger partial charge in [0.05, 0.1) is 19.8 Å². The molecule has 1 aromatic carbocycles. The fourth-order valence-electron chi connectivity index (χ4n) is 2.19. The number of hydrogen-bond donors (Lipinski definition) is 3. The summed E-state index contributed by atoms with van der Waals surface area (Å²) in [5, 5.41) is 6.65. The molecule has 20 heavy (non-hydrogen) atoms. The molecule has 4 nitrogen and oxygen atoms in total. The Morgan fingerprint density at radius 2 is 2.15 bits per heavy atom. The van der Waals surface area contributed by atoms with E-state index in [0.29, 0.717) is 10.8 Å². The molecule has 1 saturated heterocycles. The standard InChI is InChI=1S/C14H20FN3OS/c15-12-3-1-4-13(11-12)17-14(20)16-5-2-6-18-7-9-19-10-8-18/h1,3-4,11H,2,5-10H2,(H2,16,17,20)/p+1. The van der Waals surface area contributed by atoms with E-state index in [9.17, 15) is 4.39 Å². The van der Waals surface area contributed by atoms with E-state index >= 15 is 0 Å². The number of nitrogens with one attached hydrogen (secondary N) is 3. The van der Waals surface area contributed by atoms with E-state index in [2.05, 4.69) is 10.6 Å². The van der Waals surface area contributed by atoms with E-state index in [1.165, 1.54) is 12.1 Å². The molecule has 0 atom stereocenters. The van der Waals surface area contributed by atoms with Crippen molar-refractivity contribution in [3.63, 3.8) is 0 Å². The molecule has 0 saturated carbocycles. The van der Waals surface area contributed by atoms with E-state index in [1.807, 2.05) is 0 Å². The molecule has 1 heterocycles. The lowest BCUT2D eigenvalue weighted by Crippen LogP contribution is -3.14. The van der Waals surface area contributed by atoms with E-state index in [4.69, 9.17) is 17.0 Å². The third kappa shape index (κ3) is 5.40. The van der Waals surface area contributed by atoms with Crippen LogP contribution in [-0.2, 0) is 4.74 Å². The molecule has 0 amide bonds. The fourth-order valence-corrected chi connectivity index (χ4v) is 2.41. The molecule has 6 heteroatoms. The van der Waals surface area contributed by atoms with Gasteiger partial charge < -0.3 is 20.3 Å². The molecular weight excluding hydrogens is 277 g/mol. The van der Waals surface area contributed by atoms with Crippen molar-refractivity contribution in [1.82, 2.24) is 5.32 Å². The van der Waals surface area contributed by atoms with Crippen molar-refractivity contribution < 1.29 is 14.0 Å². The summed E-state index contributed by atoms with van der Waals surface area (Å²) in [7, 11) is 0. The van der Waals surface area contributed by atoms with Gasteiger partial charge in [0.25, 0.3) is 0 Å². The average molecular weight is 298 g/mol. The zero-order chi connectivity index (χ0) is 14.2. The average Bonchev–Trinajstić information content (AvgIpc) is 2.45. The largest absolute Gasteiger partial charge is 0.370 e. The predicted octanol–water partition coefficient (Wildman–Crippen LogP) is 0.417. The minimum absolute atomic E-state index is 0.270. The van der Waals surface area contributed by atoms with Gasteiger partial charge in [-0.2, -0.15) is 0 Å². The SMILES string of the molecule is Fc1cccc(NC(=S)NCCC[NH+]2CCOCC2)c1. The number of benzene rings is 1. The van der Waals surface area contributed by atoms with Crippen LogP contribution in [0.2, 0.25) is 0 Å². The molecule has 2 rings (SSSR count). The molecule has 0 aliphatic carbocycles. The summed E-state index contributed by atoms with van der Waals surface area (Å²) in [6.45, 7) is 5.85. The van der Waals surface area contributed by atoms with E-state index in [0.717, 1.165) is 45.8 Å². The highest BCUT2D eigenvalue weighted by molar-refractivity contribution is 7.80. The van der Waals surface area contributed by atoms with Crippen LogP contribution < -0.4 is 15.5 Å². The number of anilines is 1. The minimum atomic E-state index is -0.270. The highest BCUT2D eigenvalue weighted by atomic mass is 32.1. The Hall–Kier alpha value is -1.24. The highest BCUT2D eigenvalue weighted by Gasteiger charge is 2.12. The minimum Gasteiger partial charge on any atom is -0.370 e. The predicted molar refractivity (Wildman–Crippen MR) is 81.6 cm³/mol. The Balaban J connectivity index is 1.60. The number of ether oxygens (including phenoxy) is 1. The van der Waals surface area contributed by atoms with E-state index < -0.39 is 0 Å². The second-order valence-corrected chi connectivity index (χ2v) is 5.27. The van der Waals surface area contributed by atoms with Gasteiger partial charge in [0.1, 0.15) is 18.9 Å². The van der Waals surface area contributed by atoms with Crippen molar-refractivity contribution in [2.45, 2.75) is 6.42 Å². The Morgan fingerprint density at radius 3 is 2.90 bits per heavy atom. The van der Waals surface area contributed by atoms with E-state index in [-0.39, 0.29) is 5.82 Å². The van der Waals surface area contributed by atoms with Gasteiger partial charge in [-0.05, 0) is 30.4 Å². The van der Waals surface area contributed by atoms with Crippen LogP contribution in [0.4, 0.5) is 10.1 Å². The molecule has 1 aliphatic heterocycles. The number of hydrogen-bond acceptors (Lipinski definition) is 2. The van der Waals surface area contributed by atoms with Crippen molar-refractivity contribution in [2.75, 3.05) is 44.7 Å². The van der Waals surface area contributed by atoms with Crippen molar-refractivity contribution in [1.29, 1.82) is 0 Å².